The predicted molar refractivity (Wildman–Crippen MR) is 115 cm³/mol. The number of para-hydroxylation sites is 1. The highest BCUT2D eigenvalue weighted by Crippen LogP contribution is 2.32. The fourth-order valence-corrected chi connectivity index (χ4v) is 3.88. The Morgan fingerprint density at radius 1 is 1.13 bits per heavy atom. The summed E-state index contributed by atoms with van der Waals surface area (Å²) in [6, 6.07) is 12.4. The fourth-order valence-electron chi connectivity index (χ4n) is 3.39. The first-order valence-electron chi connectivity index (χ1n) is 9.53. The average Bonchev–Trinajstić information content (AvgIpc) is 3.27. The number of likely N-dealkylation sites (tertiary alicyclic amines) is 1. The summed E-state index contributed by atoms with van der Waals surface area (Å²) in [4.78, 5) is 18.9. The number of aromatic nitrogens is 2. The molecule has 0 unspecified atom stereocenters. The molecule has 1 fully saturated rings. The largest absolute Gasteiger partial charge is 0.497 e. The van der Waals surface area contributed by atoms with Crippen molar-refractivity contribution in [2.24, 2.45) is 0 Å². The molecule has 1 aromatic heterocycles. The summed E-state index contributed by atoms with van der Waals surface area (Å²) in [6.45, 7) is 1.14. The maximum atomic E-state index is 12.6. The van der Waals surface area contributed by atoms with E-state index in [2.05, 4.69) is 15.5 Å². The number of anilines is 1. The number of rotatable bonds is 4. The second-order valence-corrected chi connectivity index (χ2v) is 7.79. The van der Waals surface area contributed by atoms with Crippen LogP contribution in [-0.2, 0) is 0 Å². The monoisotopic (exact) mass is 446 g/mol. The molecule has 2 amide bonds. The summed E-state index contributed by atoms with van der Waals surface area (Å²) >= 11 is 12.3. The second-order valence-electron chi connectivity index (χ2n) is 6.97. The summed E-state index contributed by atoms with van der Waals surface area (Å²) in [5.41, 5.74) is 1.29. The molecule has 0 atom stereocenters. The van der Waals surface area contributed by atoms with Gasteiger partial charge in [0, 0.05) is 24.6 Å². The number of piperidine rings is 1. The Labute approximate surface area is 183 Å². The van der Waals surface area contributed by atoms with Crippen molar-refractivity contribution in [2.75, 3.05) is 25.5 Å². The van der Waals surface area contributed by atoms with E-state index < -0.39 is 0 Å². The van der Waals surface area contributed by atoms with Crippen LogP contribution in [0.5, 0.6) is 5.75 Å². The number of nitrogens with zero attached hydrogens (tertiary/aromatic N) is 3. The van der Waals surface area contributed by atoms with Crippen molar-refractivity contribution in [2.45, 2.75) is 18.8 Å². The number of hydrogen-bond donors (Lipinski definition) is 1. The van der Waals surface area contributed by atoms with Gasteiger partial charge in [0.25, 0.3) is 0 Å². The molecule has 4 rings (SSSR count). The van der Waals surface area contributed by atoms with Gasteiger partial charge < -0.3 is 19.5 Å². The van der Waals surface area contributed by atoms with Crippen LogP contribution >= 0.6 is 23.2 Å². The molecule has 7 nitrogen and oxygen atoms in total. The lowest BCUT2D eigenvalue weighted by atomic mass is 9.97. The SMILES string of the molecule is COc1ccc(-c2noc(C3CCN(C(=O)Nc4c(Cl)cccc4Cl)CC3)n2)cc1. The van der Waals surface area contributed by atoms with E-state index >= 15 is 0 Å². The van der Waals surface area contributed by atoms with E-state index in [1.807, 2.05) is 24.3 Å². The highest BCUT2D eigenvalue weighted by atomic mass is 35.5. The number of carbonyl (C=O) groups is 1. The van der Waals surface area contributed by atoms with Crippen LogP contribution in [-0.4, -0.2) is 41.3 Å². The Kier molecular flexibility index (Phi) is 6.11. The second kappa shape index (κ2) is 8.93. The smallest absolute Gasteiger partial charge is 0.321 e. The van der Waals surface area contributed by atoms with Crippen molar-refractivity contribution in [1.82, 2.24) is 15.0 Å². The Morgan fingerprint density at radius 2 is 1.80 bits per heavy atom. The standard InChI is InChI=1S/C21H20Cl2N4O3/c1-29-15-7-5-13(6-8-15)19-25-20(30-26-19)14-9-11-27(12-10-14)21(28)24-18-16(22)3-2-4-17(18)23/h2-8,14H,9-12H2,1H3,(H,24,28). The quantitative estimate of drug-likeness (QED) is 0.574. The number of carbonyl (C=O) groups excluding carboxylic acids is 1. The highest BCUT2D eigenvalue weighted by molar-refractivity contribution is 6.39. The number of benzene rings is 2. The Morgan fingerprint density at radius 3 is 2.43 bits per heavy atom. The van der Waals surface area contributed by atoms with Crippen molar-refractivity contribution in [3.8, 4) is 17.1 Å². The minimum Gasteiger partial charge on any atom is -0.497 e. The zero-order chi connectivity index (χ0) is 21.1. The molecule has 1 N–H and O–H groups in total. The third-order valence-electron chi connectivity index (χ3n) is 5.12. The molecule has 2 heterocycles. The van der Waals surface area contributed by atoms with E-state index in [1.54, 1.807) is 30.2 Å². The number of nitrogens with one attached hydrogen (secondary N) is 1. The Hall–Kier alpha value is -2.77. The molecule has 1 aliphatic heterocycles. The lowest BCUT2D eigenvalue weighted by Crippen LogP contribution is -2.40. The molecule has 0 spiro atoms. The summed E-state index contributed by atoms with van der Waals surface area (Å²) in [5, 5.41) is 7.71. The van der Waals surface area contributed by atoms with Gasteiger partial charge in [0.1, 0.15) is 5.75 Å². The van der Waals surface area contributed by atoms with Crippen LogP contribution in [0.15, 0.2) is 47.0 Å². The molecule has 0 saturated carbocycles. The first-order chi connectivity index (χ1) is 14.5. The van der Waals surface area contributed by atoms with Crippen molar-refractivity contribution >= 4 is 34.9 Å². The zero-order valence-electron chi connectivity index (χ0n) is 16.3. The number of methoxy groups -OCH3 is 1. The van der Waals surface area contributed by atoms with E-state index in [1.165, 1.54) is 0 Å². The molecule has 30 heavy (non-hydrogen) atoms. The molecule has 0 bridgehead atoms. The van der Waals surface area contributed by atoms with Gasteiger partial charge in [0.05, 0.1) is 22.8 Å². The fraction of sp³-hybridized carbons (Fsp3) is 0.286. The van der Waals surface area contributed by atoms with Crippen LogP contribution in [0.2, 0.25) is 10.0 Å². The van der Waals surface area contributed by atoms with Gasteiger partial charge in [-0.2, -0.15) is 4.98 Å². The minimum atomic E-state index is -0.229. The molecule has 3 aromatic rings. The van der Waals surface area contributed by atoms with Gasteiger partial charge >= 0.3 is 6.03 Å². The Bertz CT molecular complexity index is 1010. The van der Waals surface area contributed by atoms with Crippen molar-refractivity contribution in [3.63, 3.8) is 0 Å². The van der Waals surface area contributed by atoms with E-state index in [0.29, 0.717) is 40.5 Å². The van der Waals surface area contributed by atoms with Crippen molar-refractivity contribution in [3.05, 3.63) is 58.4 Å². The third kappa shape index (κ3) is 4.37. The van der Waals surface area contributed by atoms with Crippen LogP contribution < -0.4 is 10.1 Å². The molecule has 9 heteroatoms. The van der Waals surface area contributed by atoms with Crippen molar-refractivity contribution in [1.29, 1.82) is 0 Å². The average molecular weight is 447 g/mol. The lowest BCUT2D eigenvalue weighted by molar-refractivity contribution is 0.187. The maximum Gasteiger partial charge on any atom is 0.321 e. The van der Waals surface area contributed by atoms with E-state index in [0.717, 1.165) is 24.2 Å². The first-order valence-corrected chi connectivity index (χ1v) is 10.3. The van der Waals surface area contributed by atoms with E-state index in [4.69, 9.17) is 32.5 Å². The first kappa shape index (κ1) is 20.5. The number of halogens is 2. The molecular formula is C21H20Cl2N4O3. The summed E-state index contributed by atoms with van der Waals surface area (Å²) in [5.74, 6) is 2.01. The van der Waals surface area contributed by atoms with Crippen LogP contribution in [0, 0.1) is 0 Å². The molecule has 1 saturated heterocycles. The highest BCUT2D eigenvalue weighted by Gasteiger charge is 2.28. The summed E-state index contributed by atoms with van der Waals surface area (Å²) in [6.07, 6.45) is 1.46. The molecular weight excluding hydrogens is 427 g/mol. The topological polar surface area (TPSA) is 80.5 Å². The van der Waals surface area contributed by atoms with Gasteiger partial charge in [-0.15, -0.1) is 0 Å². The zero-order valence-corrected chi connectivity index (χ0v) is 17.8. The summed E-state index contributed by atoms with van der Waals surface area (Å²) < 4.78 is 10.7. The van der Waals surface area contributed by atoms with Crippen molar-refractivity contribution < 1.29 is 14.1 Å². The minimum absolute atomic E-state index is 0.109. The molecule has 156 valence electrons. The number of ether oxygens (including phenoxy) is 1. The molecule has 0 radical (unpaired) electrons. The number of hydrogen-bond acceptors (Lipinski definition) is 5. The predicted octanol–water partition coefficient (Wildman–Crippen LogP) is 5.46. The lowest BCUT2D eigenvalue weighted by Gasteiger charge is -2.30. The van der Waals surface area contributed by atoms with Gasteiger partial charge in [-0.25, -0.2) is 4.79 Å². The van der Waals surface area contributed by atoms with Crippen LogP contribution in [0.3, 0.4) is 0 Å². The van der Waals surface area contributed by atoms with Gasteiger partial charge in [-0.05, 0) is 49.2 Å². The maximum absolute atomic E-state index is 12.6. The molecule has 1 aliphatic rings. The van der Waals surface area contributed by atoms with Gasteiger partial charge in [-0.3, -0.25) is 0 Å². The van der Waals surface area contributed by atoms with Gasteiger partial charge in [0.2, 0.25) is 11.7 Å². The normalized spacial score (nSPS) is 14.6. The van der Waals surface area contributed by atoms with Crippen LogP contribution in [0.1, 0.15) is 24.7 Å². The Balaban J connectivity index is 1.36. The van der Waals surface area contributed by atoms with Gasteiger partial charge in [-0.1, -0.05) is 34.4 Å². The van der Waals surface area contributed by atoms with E-state index in [-0.39, 0.29) is 11.9 Å². The number of urea groups is 1. The van der Waals surface area contributed by atoms with E-state index in [9.17, 15) is 4.79 Å². The molecule has 0 aliphatic carbocycles. The van der Waals surface area contributed by atoms with Gasteiger partial charge in [0.15, 0.2) is 0 Å². The third-order valence-corrected chi connectivity index (χ3v) is 5.75. The number of amides is 2. The van der Waals surface area contributed by atoms with Crippen LogP contribution in [0.25, 0.3) is 11.4 Å². The molecule has 2 aromatic carbocycles. The summed E-state index contributed by atoms with van der Waals surface area (Å²) in [7, 11) is 1.62. The van der Waals surface area contributed by atoms with Crippen LogP contribution in [0.4, 0.5) is 10.5 Å².